The van der Waals surface area contributed by atoms with Gasteiger partial charge in [-0.25, -0.2) is 9.37 Å². The molecule has 0 radical (unpaired) electrons. The second kappa shape index (κ2) is 2.90. The Morgan fingerprint density at radius 3 is 2.85 bits per heavy atom. The van der Waals surface area contributed by atoms with E-state index in [0.29, 0.717) is 5.69 Å². The van der Waals surface area contributed by atoms with Crippen molar-refractivity contribution in [1.82, 2.24) is 9.55 Å². The molecule has 0 aliphatic rings. The van der Waals surface area contributed by atoms with Crippen molar-refractivity contribution in [3.05, 3.63) is 42.7 Å². The Morgan fingerprint density at radius 2 is 2.23 bits per heavy atom. The molecule has 0 amide bonds. The summed E-state index contributed by atoms with van der Waals surface area (Å²) in [6, 6.07) is 4.17. The molecule has 1 aromatic carbocycles. The summed E-state index contributed by atoms with van der Waals surface area (Å²) in [5.41, 5.74) is 0.632. The number of imidazole rings is 1. The van der Waals surface area contributed by atoms with Gasteiger partial charge in [-0.3, -0.25) is 0 Å². The lowest BCUT2D eigenvalue weighted by Gasteiger charge is -2.02. The molecule has 0 atom stereocenters. The van der Waals surface area contributed by atoms with Crippen LogP contribution in [-0.4, -0.2) is 14.7 Å². The number of rotatable bonds is 1. The molecule has 1 aromatic heterocycles. The van der Waals surface area contributed by atoms with Crippen molar-refractivity contribution >= 4 is 0 Å². The third-order valence-corrected chi connectivity index (χ3v) is 1.73. The van der Waals surface area contributed by atoms with Crippen molar-refractivity contribution in [2.75, 3.05) is 0 Å². The van der Waals surface area contributed by atoms with Gasteiger partial charge in [-0.1, -0.05) is 0 Å². The quantitative estimate of drug-likeness (QED) is 0.721. The molecule has 0 aliphatic carbocycles. The molecule has 13 heavy (non-hydrogen) atoms. The molecule has 2 rings (SSSR count). The Kier molecular flexibility index (Phi) is 1.73. The van der Waals surface area contributed by atoms with Crippen molar-refractivity contribution in [3.8, 4) is 11.4 Å². The number of hydrogen-bond acceptors (Lipinski definition) is 2. The van der Waals surface area contributed by atoms with E-state index in [2.05, 4.69) is 4.98 Å². The first-order valence-corrected chi connectivity index (χ1v) is 3.74. The normalized spacial score (nSPS) is 10.2. The molecule has 0 spiro atoms. The van der Waals surface area contributed by atoms with Crippen molar-refractivity contribution in [2.45, 2.75) is 0 Å². The van der Waals surface area contributed by atoms with Gasteiger partial charge in [0.1, 0.15) is 0 Å². The molecule has 0 bridgehead atoms. The largest absolute Gasteiger partial charge is 0.505 e. The zero-order valence-corrected chi connectivity index (χ0v) is 6.68. The van der Waals surface area contributed by atoms with Gasteiger partial charge in [0.15, 0.2) is 11.6 Å². The lowest BCUT2D eigenvalue weighted by molar-refractivity contribution is 0.432. The second-order valence-corrected chi connectivity index (χ2v) is 2.61. The molecule has 2 aromatic rings. The van der Waals surface area contributed by atoms with Gasteiger partial charge in [-0.2, -0.15) is 0 Å². The summed E-state index contributed by atoms with van der Waals surface area (Å²) in [5, 5.41) is 8.94. The van der Waals surface area contributed by atoms with Crippen LogP contribution in [0.5, 0.6) is 5.75 Å². The van der Waals surface area contributed by atoms with Crippen LogP contribution < -0.4 is 0 Å². The number of nitrogens with zero attached hydrogens (tertiary/aromatic N) is 2. The molecule has 66 valence electrons. The summed E-state index contributed by atoms with van der Waals surface area (Å²) in [7, 11) is 0. The average Bonchev–Trinajstić information content (AvgIpc) is 2.62. The number of phenols is 1. The zero-order chi connectivity index (χ0) is 9.26. The minimum Gasteiger partial charge on any atom is -0.505 e. The van der Waals surface area contributed by atoms with Crippen LogP contribution in [0.25, 0.3) is 5.69 Å². The van der Waals surface area contributed by atoms with Gasteiger partial charge in [0, 0.05) is 24.1 Å². The third kappa shape index (κ3) is 1.38. The van der Waals surface area contributed by atoms with E-state index in [0.717, 1.165) is 0 Å². The minimum atomic E-state index is -0.633. The van der Waals surface area contributed by atoms with E-state index in [1.165, 1.54) is 12.1 Å². The van der Waals surface area contributed by atoms with Crippen LogP contribution in [0, 0.1) is 5.82 Å². The lowest BCUT2D eigenvalue weighted by Crippen LogP contribution is -1.90. The Balaban J connectivity index is 2.49. The van der Waals surface area contributed by atoms with E-state index in [9.17, 15) is 4.39 Å². The molecule has 3 nitrogen and oxygen atoms in total. The predicted molar refractivity (Wildman–Crippen MR) is 45.2 cm³/mol. The number of aromatic nitrogens is 2. The maximum Gasteiger partial charge on any atom is 0.166 e. The highest BCUT2D eigenvalue weighted by atomic mass is 19.1. The van der Waals surface area contributed by atoms with Crippen LogP contribution >= 0.6 is 0 Å². The van der Waals surface area contributed by atoms with Crippen LogP contribution in [-0.2, 0) is 0 Å². The molecule has 0 unspecified atom stereocenters. The fourth-order valence-corrected chi connectivity index (χ4v) is 1.07. The highest BCUT2D eigenvalue weighted by molar-refractivity contribution is 5.37. The van der Waals surface area contributed by atoms with Gasteiger partial charge in [-0.15, -0.1) is 0 Å². The first-order valence-electron chi connectivity index (χ1n) is 3.74. The van der Waals surface area contributed by atoms with Gasteiger partial charge in [0.25, 0.3) is 0 Å². The molecule has 0 saturated carbocycles. The maximum atomic E-state index is 12.9. The van der Waals surface area contributed by atoms with E-state index in [4.69, 9.17) is 5.11 Å². The van der Waals surface area contributed by atoms with Gasteiger partial charge in [0.2, 0.25) is 0 Å². The fourth-order valence-electron chi connectivity index (χ4n) is 1.07. The highest BCUT2D eigenvalue weighted by Crippen LogP contribution is 2.18. The Labute approximate surface area is 74.1 Å². The van der Waals surface area contributed by atoms with Crippen LogP contribution in [0.1, 0.15) is 0 Å². The highest BCUT2D eigenvalue weighted by Gasteiger charge is 2.01. The molecular formula is C9H7FN2O. The molecule has 4 heteroatoms. The molecule has 1 heterocycles. The van der Waals surface area contributed by atoms with E-state index in [1.54, 1.807) is 29.4 Å². The number of hydrogen-bond donors (Lipinski definition) is 1. The number of phenolic OH excluding ortho intramolecular Hbond substituents is 1. The first kappa shape index (κ1) is 7.79. The van der Waals surface area contributed by atoms with Crippen LogP contribution in [0.2, 0.25) is 0 Å². The SMILES string of the molecule is Oc1ccc(-n2ccnc2)cc1F. The average molecular weight is 178 g/mol. The zero-order valence-electron chi connectivity index (χ0n) is 6.68. The van der Waals surface area contributed by atoms with Crippen molar-refractivity contribution in [1.29, 1.82) is 0 Å². The molecule has 0 fully saturated rings. The third-order valence-electron chi connectivity index (χ3n) is 1.73. The van der Waals surface area contributed by atoms with E-state index < -0.39 is 5.82 Å². The van der Waals surface area contributed by atoms with Crippen LogP contribution in [0.4, 0.5) is 4.39 Å². The topological polar surface area (TPSA) is 38.0 Å². The van der Waals surface area contributed by atoms with Crippen molar-refractivity contribution in [3.63, 3.8) is 0 Å². The smallest absolute Gasteiger partial charge is 0.166 e. The van der Waals surface area contributed by atoms with Crippen LogP contribution in [0.15, 0.2) is 36.9 Å². The predicted octanol–water partition coefficient (Wildman–Crippen LogP) is 1.72. The number of benzene rings is 1. The summed E-state index contributed by atoms with van der Waals surface area (Å²) in [5.74, 6) is -0.977. The van der Waals surface area contributed by atoms with Gasteiger partial charge in [0.05, 0.1) is 6.33 Å². The summed E-state index contributed by atoms with van der Waals surface area (Å²) in [6.45, 7) is 0. The van der Waals surface area contributed by atoms with Crippen LogP contribution in [0.3, 0.4) is 0 Å². The summed E-state index contributed by atoms with van der Waals surface area (Å²) in [6.07, 6.45) is 4.86. The first-order chi connectivity index (χ1) is 6.27. The Bertz CT molecular complexity index is 412. The standard InChI is InChI=1S/C9H7FN2O/c10-8-5-7(1-2-9(8)13)12-4-3-11-6-12/h1-6,13H. The Morgan fingerprint density at radius 1 is 1.38 bits per heavy atom. The van der Waals surface area contributed by atoms with Gasteiger partial charge >= 0.3 is 0 Å². The fraction of sp³-hybridized carbons (Fsp3) is 0. The molecule has 0 saturated heterocycles. The van der Waals surface area contributed by atoms with Crippen molar-refractivity contribution < 1.29 is 9.50 Å². The molecule has 1 N–H and O–H groups in total. The van der Waals surface area contributed by atoms with Gasteiger partial charge < -0.3 is 9.67 Å². The van der Waals surface area contributed by atoms with E-state index >= 15 is 0 Å². The van der Waals surface area contributed by atoms with E-state index in [1.807, 2.05) is 0 Å². The van der Waals surface area contributed by atoms with Gasteiger partial charge in [-0.05, 0) is 12.1 Å². The Hall–Kier alpha value is -1.84. The van der Waals surface area contributed by atoms with Crippen molar-refractivity contribution in [2.24, 2.45) is 0 Å². The van der Waals surface area contributed by atoms with E-state index in [-0.39, 0.29) is 5.75 Å². The second-order valence-electron chi connectivity index (χ2n) is 2.61. The minimum absolute atomic E-state index is 0.344. The molecular weight excluding hydrogens is 171 g/mol. The summed E-state index contributed by atoms with van der Waals surface area (Å²) in [4.78, 5) is 3.83. The lowest BCUT2D eigenvalue weighted by atomic mass is 10.3. The summed E-state index contributed by atoms with van der Waals surface area (Å²) >= 11 is 0. The maximum absolute atomic E-state index is 12.9. The molecule has 0 aliphatic heterocycles. The number of halogens is 1. The monoisotopic (exact) mass is 178 g/mol. The number of aromatic hydroxyl groups is 1. The summed E-state index contributed by atoms with van der Waals surface area (Å²) < 4.78 is 14.5.